The van der Waals surface area contributed by atoms with Gasteiger partial charge in [0.2, 0.25) is 5.91 Å². The first-order chi connectivity index (χ1) is 8.45. The predicted molar refractivity (Wildman–Crippen MR) is 76.2 cm³/mol. The van der Waals surface area contributed by atoms with Crippen LogP contribution >= 0.6 is 0 Å². The van der Waals surface area contributed by atoms with Crippen molar-refractivity contribution < 1.29 is 4.79 Å². The van der Waals surface area contributed by atoms with Crippen molar-refractivity contribution in [3.05, 3.63) is 0 Å². The van der Waals surface area contributed by atoms with Gasteiger partial charge in [0.05, 0.1) is 0 Å². The van der Waals surface area contributed by atoms with E-state index in [2.05, 4.69) is 20.8 Å². The van der Waals surface area contributed by atoms with E-state index >= 15 is 0 Å². The molecule has 3 nitrogen and oxygen atoms in total. The number of hydrogen-bond acceptors (Lipinski definition) is 2. The smallest absolute Gasteiger partial charge is 0.225 e. The number of hydrogen-bond donors (Lipinski definition) is 1. The van der Waals surface area contributed by atoms with Gasteiger partial charge >= 0.3 is 0 Å². The van der Waals surface area contributed by atoms with Crippen LogP contribution in [-0.2, 0) is 4.79 Å². The van der Waals surface area contributed by atoms with Crippen molar-refractivity contribution in [2.24, 2.45) is 23.5 Å². The summed E-state index contributed by atoms with van der Waals surface area (Å²) in [5.41, 5.74) is 5.69. The van der Waals surface area contributed by atoms with Gasteiger partial charge in [-0.2, -0.15) is 0 Å². The summed E-state index contributed by atoms with van der Waals surface area (Å²) in [6, 6.07) is 0.352. The number of nitrogens with zero attached hydrogens (tertiary/aromatic N) is 1. The molecule has 18 heavy (non-hydrogen) atoms. The molecule has 0 aromatic rings. The van der Waals surface area contributed by atoms with Crippen LogP contribution in [0.1, 0.15) is 52.9 Å². The fourth-order valence-electron chi connectivity index (χ4n) is 2.99. The van der Waals surface area contributed by atoms with Crippen molar-refractivity contribution in [2.75, 3.05) is 13.6 Å². The second-order valence-electron chi connectivity index (χ2n) is 6.38. The van der Waals surface area contributed by atoms with E-state index in [4.69, 9.17) is 5.73 Å². The molecule has 0 aromatic heterocycles. The maximum absolute atomic E-state index is 12.4. The molecule has 1 atom stereocenters. The molecular weight excluding hydrogens is 224 g/mol. The highest BCUT2D eigenvalue weighted by atomic mass is 16.2. The van der Waals surface area contributed by atoms with Crippen LogP contribution in [0.25, 0.3) is 0 Å². The van der Waals surface area contributed by atoms with E-state index in [1.165, 1.54) is 0 Å². The second kappa shape index (κ2) is 7.13. The van der Waals surface area contributed by atoms with E-state index in [9.17, 15) is 4.79 Å². The van der Waals surface area contributed by atoms with Gasteiger partial charge < -0.3 is 10.6 Å². The highest BCUT2D eigenvalue weighted by Gasteiger charge is 2.29. The molecule has 1 fully saturated rings. The zero-order chi connectivity index (χ0) is 13.7. The van der Waals surface area contributed by atoms with Crippen LogP contribution in [0.2, 0.25) is 0 Å². The lowest BCUT2D eigenvalue weighted by Crippen LogP contribution is -2.41. The third-order valence-electron chi connectivity index (χ3n) is 4.35. The molecule has 0 spiro atoms. The normalized spacial score (nSPS) is 26.1. The Morgan fingerprint density at radius 3 is 2.22 bits per heavy atom. The summed E-state index contributed by atoms with van der Waals surface area (Å²) in [5.74, 6) is 1.88. The summed E-state index contributed by atoms with van der Waals surface area (Å²) in [6.07, 6.45) is 5.39. The molecule has 0 saturated heterocycles. The van der Waals surface area contributed by atoms with E-state index in [1.807, 2.05) is 11.9 Å². The van der Waals surface area contributed by atoms with E-state index < -0.39 is 0 Å². The van der Waals surface area contributed by atoms with Crippen LogP contribution in [0.3, 0.4) is 0 Å². The third kappa shape index (κ3) is 4.27. The van der Waals surface area contributed by atoms with Gasteiger partial charge in [0.15, 0.2) is 0 Å². The maximum atomic E-state index is 12.4. The molecule has 0 heterocycles. The highest BCUT2D eigenvalue weighted by Crippen LogP contribution is 2.29. The average molecular weight is 254 g/mol. The van der Waals surface area contributed by atoms with Crippen molar-refractivity contribution in [3.63, 3.8) is 0 Å². The lowest BCUT2D eigenvalue weighted by Gasteiger charge is -2.33. The Labute approximate surface area is 112 Å². The van der Waals surface area contributed by atoms with Gasteiger partial charge in [-0.3, -0.25) is 4.79 Å². The average Bonchev–Trinajstić information content (AvgIpc) is 2.36. The second-order valence-corrected chi connectivity index (χ2v) is 6.38. The van der Waals surface area contributed by atoms with Crippen LogP contribution in [0.15, 0.2) is 0 Å². The summed E-state index contributed by atoms with van der Waals surface area (Å²) in [4.78, 5) is 14.4. The minimum atomic E-state index is 0.243. The van der Waals surface area contributed by atoms with Crippen LogP contribution in [0, 0.1) is 17.8 Å². The Hall–Kier alpha value is -0.570. The summed E-state index contributed by atoms with van der Waals surface area (Å²) >= 11 is 0. The van der Waals surface area contributed by atoms with Gasteiger partial charge in [-0.15, -0.1) is 0 Å². The molecular formula is C15H30N2O. The molecule has 0 bridgehead atoms. The van der Waals surface area contributed by atoms with Crippen molar-refractivity contribution in [1.82, 2.24) is 4.90 Å². The molecule has 1 aliphatic rings. The Morgan fingerprint density at radius 1 is 1.22 bits per heavy atom. The number of carbonyl (C=O) groups excluding carboxylic acids is 1. The van der Waals surface area contributed by atoms with Gasteiger partial charge in [0, 0.05) is 19.0 Å². The lowest BCUT2D eigenvalue weighted by atomic mass is 9.81. The summed E-state index contributed by atoms with van der Waals surface area (Å²) in [5, 5.41) is 0. The summed E-state index contributed by atoms with van der Waals surface area (Å²) in [6.45, 7) is 7.35. The summed E-state index contributed by atoms with van der Waals surface area (Å²) < 4.78 is 0. The zero-order valence-corrected chi connectivity index (χ0v) is 12.5. The minimum Gasteiger partial charge on any atom is -0.343 e. The van der Waals surface area contributed by atoms with Crippen LogP contribution in [0.5, 0.6) is 0 Å². The number of nitrogens with two attached hydrogens (primary N) is 1. The first-order valence-corrected chi connectivity index (χ1v) is 7.42. The topological polar surface area (TPSA) is 46.3 Å². The highest BCUT2D eigenvalue weighted by molar-refractivity contribution is 5.78. The fraction of sp³-hybridized carbons (Fsp3) is 0.933. The van der Waals surface area contributed by atoms with Crippen molar-refractivity contribution in [1.29, 1.82) is 0 Å². The molecule has 0 radical (unpaired) electrons. The lowest BCUT2D eigenvalue weighted by molar-refractivity contribution is -0.137. The minimum absolute atomic E-state index is 0.243. The van der Waals surface area contributed by atoms with Gasteiger partial charge in [0.1, 0.15) is 0 Å². The Bertz CT molecular complexity index is 257. The molecule has 1 rings (SSSR count). The molecule has 0 aromatic carbocycles. The molecule has 1 aliphatic carbocycles. The van der Waals surface area contributed by atoms with E-state index in [0.29, 0.717) is 23.8 Å². The number of amides is 1. The van der Waals surface area contributed by atoms with E-state index in [0.717, 1.165) is 38.6 Å². The van der Waals surface area contributed by atoms with Crippen LogP contribution < -0.4 is 5.73 Å². The number of rotatable bonds is 5. The fourth-order valence-corrected chi connectivity index (χ4v) is 2.99. The first kappa shape index (κ1) is 15.5. The molecule has 2 N–H and O–H groups in total. The van der Waals surface area contributed by atoms with Gasteiger partial charge in [0.25, 0.3) is 0 Å². The SMILES string of the molecule is CC(C)CC(C)N(C)C(=O)C1CCC(CN)CC1. The monoisotopic (exact) mass is 254 g/mol. The van der Waals surface area contributed by atoms with E-state index in [-0.39, 0.29) is 5.92 Å². The van der Waals surface area contributed by atoms with E-state index in [1.54, 1.807) is 0 Å². The van der Waals surface area contributed by atoms with Crippen LogP contribution in [-0.4, -0.2) is 30.4 Å². The first-order valence-electron chi connectivity index (χ1n) is 7.42. The molecule has 1 unspecified atom stereocenters. The zero-order valence-electron chi connectivity index (χ0n) is 12.5. The maximum Gasteiger partial charge on any atom is 0.225 e. The Morgan fingerprint density at radius 2 is 1.78 bits per heavy atom. The molecule has 0 aliphatic heterocycles. The molecule has 1 amide bonds. The molecule has 1 saturated carbocycles. The largest absolute Gasteiger partial charge is 0.343 e. The van der Waals surface area contributed by atoms with Crippen molar-refractivity contribution in [2.45, 2.75) is 58.9 Å². The predicted octanol–water partition coefficient (Wildman–Crippen LogP) is 2.64. The van der Waals surface area contributed by atoms with Crippen LogP contribution in [0.4, 0.5) is 0 Å². The van der Waals surface area contributed by atoms with Crippen molar-refractivity contribution >= 4 is 5.91 Å². The molecule has 3 heteroatoms. The third-order valence-corrected chi connectivity index (χ3v) is 4.35. The Kier molecular flexibility index (Phi) is 6.13. The number of carbonyl (C=O) groups is 1. The van der Waals surface area contributed by atoms with Gasteiger partial charge in [-0.05, 0) is 57.4 Å². The molecule has 106 valence electrons. The van der Waals surface area contributed by atoms with Gasteiger partial charge in [-0.1, -0.05) is 13.8 Å². The quantitative estimate of drug-likeness (QED) is 0.820. The summed E-state index contributed by atoms with van der Waals surface area (Å²) in [7, 11) is 1.96. The van der Waals surface area contributed by atoms with Gasteiger partial charge in [-0.25, -0.2) is 0 Å². The Balaban J connectivity index is 2.44. The van der Waals surface area contributed by atoms with Crippen molar-refractivity contribution in [3.8, 4) is 0 Å². The standard InChI is InChI=1S/C15H30N2O/c1-11(2)9-12(3)17(4)15(18)14-7-5-13(10-16)6-8-14/h11-14H,5-10,16H2,1-4H3.